The van der Waals surface area contributed by atoms with Crippen molar-refractivity contribution < 1.29 is 9.90 Å². The standard InChI is InChI=1S/C15H20ClNO2/c1-11(12-6-5-7-13(16)10-12)17-9-4-2-3-8-14(17)15(18)19/h5-7,10-11,14H,2-4,8-9H2,1H3,(H,18,19). The molecule has 1 aliphatic rings. The lowest BCUT2D eigenvalue weighted by Crippen LogP contribution is -2.42. The molecule has 0 radical (unpaired) electrons. The van der Waals surface area contributed by atoms with Crippen LogP contribution in [0.5, 0.6) is 0 Å². The van der Waals surface area contributed by atoms with Crippen molar-refractivity contribution in [1.29, 1.82) is 0 Å². The van der Waals surface area contributed by atoms with Crippen LogP contribution in [0.1, 0.15) is 44.2 Å². The first-order valence-electron chi connectivity index (χ1n) is 6.83. The van der Waals surface area contributed by atoms with Gasteiger partial charge in [0.15, 0.2) is 0 Å². The van der Waals surface area contributed by atoms with Crippen molar-refractivity contribution in [1.82, 2.24) is 4.90 Å². The van der Waals surface area contributed by atoms with Crippen molar-refractivity contribution >= 4 is 17.6 Å². The van der Waals surface area contributed by atoms with E-state index in [9.17, 15) is 9.90 Å². The van der Waals surface area contributed by atoms with E-state index < -0.39 is 5.97 Å². The second kappa shape index (κ2) is 6.40. The van der Waals surface area contributed by atoms with E-state index >= 15 is 0 Å². The Hall–Kier alpha value is -1.06. The van der Waals surface area contributed by atoms with E-state index in [-0.39, 0.29) is 12.1 Å². The normalized spacial score (nSPS) is 22.7. The molecule has 1 aromatic carbocycles. The van der Waals surface area contributed by atoms with E-state index in [1.807, 2.05) is 24.3 Å². The summed E-state index contributed by atoms with van der Waals surface area (Å²) in [6.45, 7) is 2.90. The molecule has 2 rings (SSSR count). The van der Waals surface area contributed by atoms with Gasteiger partial charge in [-0.2, -0.15) is 0 Å². The monoisotopic (exact) mass is 281 g/mol. The maximum absolute atomic E-state index is 11.5. The molecule has 1 fully saturated rings. The summed E-state index contributed by atoms with van der Waals surface area (Å²) in [5, 5.41) is 10.1. The number of rotatable bonds is 3. The number of halogens is 1. The van der Waals surface area contributed by atoms with Crippen molar-refractivity contribution in [2.75, 3.05) is 6.54 Å². The number of nitrogens with zero attached hydrogens (tertiary/aromatic N) is 1. The molecule has 0 amide bonds. The van der Waals surface area contributed by atoms with Gasteiger partial charge in [-0.05, 0) is 44.0 Å². The molecular weight excluding hydrogens is 262 g/mol. The van der Waals surface area contributed by atoms with Crippen LogP contribution >= 0.6 is 11.6 Å². The summed E-state index contributed by atoms with van der Waals surface area (Å²) in [4.78, 5) is 13.6. The molecule has 0 bridgehead atoms. The molecule has 2 atom stereocenters. The van der Waals surface area contributed by atoms with E-state index in [2.05, 4.69) is 11.8 Å². The molecule has 3 nitrogen and oxygen atoms in total. The summed E-state index contributed by atoms with van der Waals surface area (Å²) in [7, 11) is 0. The van der Waals surface area contributed by atoms with E-state index in [1.165, 1.54) is 0 Å². The molecule has 0 aromatic heterocycles. The van der Waals surface area contributed by atoms with Crippen LogP contribution < -0.4 is 0 Å². The smallest absolute Gasteiger partial charge is 0.320 e. The quantitative estimate of drug-likeness (QED) is 0.918. The number of likely N-dealkylation sites (tertiary alicyclic amines) is 1. The number of hydrogen-bond donors (Lipinski definition) is 1. The Labute approximate surface area is 119 Å². The van der Waals surface area contributed by atoms with E-state index in [4.69, 9.17) is 11.6 Å². The van der Waals surface area contributed by atoms with E-state index in [0.29, 0.717) is 5.02 Å². The van der Waals surface area contributed by atoms with Crippen molar-refractivity contribution in [2.24, 2.45) is 0 Å². The number of benzene rings is 1. The lowest BCUT2D eigenvalue weighted by atomic mass is 10.0. The molecule has 0 saturated carbocycles. The lowest BCUT2D eigenvalue weighted by Gasteiger charge is -2.33. The highest BCUT2D eigenvalue weighted by Gasteiger charge is 2.30. The van der Waals surface area contributed by atoms with Crippen LogP contribution in [0.15, 0.2) is 24.3 Å². The molecule has 1 aliphatic heterocycles. The summed E-state index contributed by atoms with van der Waals surface area (Å²) in [5.74, 6) is -0.712. The summed E-state index contributed by atoms with van der Waals surface area (Å²) >= 11 is 6.02. The van der Waals surface area contributed by atoms with Gasteiger partial charge in [-0.15, -0.1) is 0 Å². The van der Waals surface area contributed by atoms with Crippen LogP contribution in [0.4, 0.5) is 0 Å². The SMILES string of the molecule is CC(c1cccc(Cl)c1)N1CCCCCC1C(=O)O. The van der Waals surface area contributed by atoms with Gasteiger partial charge in [0, 0.05) is 11.1 Å². The minimum Gasteiger partial charge on any atom is -0.480 e. The predicted octanol–water partition coefficient (Wildman–Crippen LogP) is 3.73. The Morgan fingerprint density at radius 1 is 1.42 bits per heavy atom. The largest absolute Gasteiger partial charge is 0.480 e. The van der Waals surface area contributed by atoms with Gasteiger partial charge in [-0.1, -0.05) is 36.6 Å². The highest BCUT2D eigenvalue weighted by Crippen LogP contribution is 2.29. The first-order valence-corrected chi connectivity index (χ1v) is 7.21. The van der Waals surface area contributed by atoms with Gasteiger partial charge in [0.05, 0.1) is 0 Å². The van der Waals surface area contributed by atoms with Gasteiger partial charge < -0.3 is 5.11 Å². The summed E-state index contributed by atoms with van der Waals surface area (Å²) in [6, 6.07) is 7.40. The minimum atomic E-state index is -0.712. The first-order chi connectivity index (χ1) is 9.09. The highest BCUT2D eigenvalue weighted by molar-refractivity contribution is 6.30. The second-order valence-electron chi connectivity index (χ2n) is 5.17. The zero-order chi connectivity index (χ0) is 13.8. The molecule has 1 N–H and O–H groups in total. The Morgan fingerprint density at radius 2 is 2.21 bits per heavy atom. The molecule has 2 unspecified atom stereocenters. The third-order valence-electron chi connectivity index (χ3n) is 3.91. The number of hydrogen-bond acceptors (Lipinski definition) is 2. The summed E-state index contributed by atoms with van der Waals surface area (Å²) < 4.78 is 0. The second-order valence-corrected chi connectivity index (χ2v) is 5.61. The first kappa shape index (κ1) is 14.4. The Morgan fingerprint density at radius 3 is 2.89 bits per heavy atom. The van der Waals surface area contributed by atoms with Crippen LogP contribution in [-0.4, -0.2) is 28.6 Å². The predicted molar refractivity (Wildman–Crippen MR) is 76.5 cm³/mol. The zero-order valence-corrected chi connectivity index (χ0v) is 11.9. The minimum absolute atomic E-state index is 0.0814. The van der Waals surface area contributed by atoms with Crippen molar-refractivity contribution in [3.63, 3.8) is 0 Å². The zero-order valence-electron chi connectivity index (χ0n) is 11.2. The van der Waals surface area contributed by atoms with Crippen LogP contribution in [0, 0.1) is 0 Å². The molecule has 1 aromatic rings. The highest BCUT2D eigenvalue weighted by atomic mass is 35.5. The molecule has 1 saturated heterocycles. The number of carbonyl (C=O) groups is 1. The van der Waals surface area contributed by atoms with E-state index in [1.54, 1.807) is 0 Å². The number of carboxylic acid groups (broad SMARTS) is 1. The number of carboxylic acids is 1. The maximum atomic E-state index is 11.5. The average Bonchev–Trinajstić information content (AvgIpc) is 2.63. The fourth-order valence-electron chi connectivity index (χ4n) is 2.82. The maximum Gasteiger partial charge on any atom is 0.320 e. The van der Waals surface area contributed by atoms with Crippen LogP contribution in [0.25, 0.3) is 0 Å². The van der Waals surface area contributed by atoms with Gasteiger partial charge in [0.25, 0.3) is 0 Å². The molecule has 104 valence electrons. The van der Waals surface area contributed by atoms with Crippen molar-refractivity contribution in [3.8, 4) is 0 Å². The Balaban J connectivity index is 2.23. The van der Waals surface area contributed by atoms with E-state index in [0.717, 1.165) is 37.8 Å². The third kappa shape index (κ3) is 3.48. The third-order valence-corrected chi connectivity index (χ3v) is 4.14. The molecule has 0 spiro atoms. The fraction of sp³-hybridized carbons (Fsp3) is 0.533. The van der Waals surface area contributed by atoms with Gasteiger partial charge in [-0.3, -0.25) is 9.69 Å². The average molecular weight is 282 g/mol. The Bertz CT molecular complexity index is 450. The van der Waals surface area contributed by atoms with Crippen LogP contribution in [0.2, 0.25) is 5.02 Å². The molecule has 4 heteroatoms. The molecule has 1 heterocycles. The molecular formula is C15H20ClNO2. The van der Waals surface area contributed by atoms with Gasteiger partial charge in [-0.25, -0.2) is 0 Å². The number of aliphatic carboxylic acids is 1. The summed E-state index contributed by atoms with van der Waals surface area (Å²) in [6.07, 6.45) is 3.91. The van der Waals surface area contributed by atoms with Crippen LogP contribution in [0.3, 0.4) is 0 Å². The van der Waals surface area contributed by atoms with Crippen molar-refractivity contribution in [3.05, 3.63) is 34.9 Å². The van der Waals surface area contributed by atoms with Gasteiger partial charge in [0.1, 0.15) is 6.04 Å². The lowest BCUT2D eigenvalue weighted by molar-refractivity contribution is -0.144. The molecule has 19 heavy (non-hydrogen) atoms. The summed E-state index contributed by atoms with van der Waals surface area (Å²) in [5.41, 5.74) is 1.08. The topological polar surface area (TPSA) is 40.5 Å². The fourth-order valence-corrected chi connectivity index (χ4v) is 3.02. The molecule has 0 aliphatic carbocycles. The van der Waals surface area contributed by atoms with Crippen LogP contribution in [-0.2, 0) is 4.79 Å². The Kier molecular flexibility index (Phi) is 4.83. The van der Waals surface area contributed by atoms with Gasteiger partial charge >= 0.3 is 5.97 Å². The van der Waals surface area contributed by atoms with Crippen molar-refractivity contribution in [2.45, 2.75) is 44.7 Å². The van der Waals surface area contributed by atoms with Gasteiger partial charge in [0.2, 0.25) is 0 Å².